The molecule has 1 aromatic rings. The van der Waals surface area contributed by atoms with Crippen molar-refractivity contribution in [1.82, 2.24) is 5.32 Å². The monoisotopic (exact) mass is 227 g/mol. The Hall–Kier alpha value is -0.870. The normalized spacial score (nSPS) is 14.6. The highest BCUT2D eigenvalue weighted by Gasteiger charge is 2.14. The number of nitrogens with one attached hydrogen (secondary N) is 1. The van der Waals surface area contributed by atoms with E-state index in [4.69, 9.17) is 0 Å². The minimum absolute atomic E-state index is 0.104. The predicted molar refractivity (Wildman–Crippen MR) is 62.1 cm³/mol. The van der Waals surface area contributed by atoms with Crippen molar-refractivity contribution in [3.05, 3.63) is 22.4 Å². The molecule has 1 heterocycles. The van der Waals surface area contributed by atoms with Gasteiger partial charge in [-0.25, -0.2) is 0 Å². The summed E-state index contributed by atoms with van der Waals surface area (Å²) in [5.74, 6) is 0.112. The van der Waals surface area contributed by atoms with Gasteiger partial charge in [-0.1, -0.05) is 26.3 Å². The van der Waals surface area contributed by atoms with Crippen molar-refractivity contribution in [2.45, 2.75) is 26.4 Å². The maximum atomic E-state index is 11.5. The number of amides is 1. The van der Waals surface area contributed by atoms with Crippen LogP contribution in [0.2, 0.25) is 0 Å². The van der Waals surface area contributed by atoms with Gasteiger partial charge in [0.1, 0.15) is 0 Å². The number of hydrogen-bond donors (Lipinski definition) is 2. The fraction of sp³-hybridized carbons (Fsp3) is 0.545. The molecule has 2 N–H and O–H groups in total. The molecule has 1 rings (SSSR count). The molecule has 1 amide bonds. The Bertz CT molecular complexity index is 298. The topological polar surface area (TPSA) is 49.3 Å². The Balaban J connectivity index is 2.34. The second kappa shape index (κ2) is 5.88. The van der Waals surface area contributed by atoms with Crippen molar-refractivity contribution in [1.29, 1.82) is 0 Å². The molecule has 0 aliphatic heterocycles. The third-order valence-corrected chi connectivity index (χ3v) is 3.39. The molecule has 3 nitrogen and oxygen atoms in total. The Morgan fingerprint density at radius 2 is 2.40 bits per heavy atom. The summed E-state index contributed by atoms with van der Waals surface area (Å²) in [5.41, 5.74) is 0. The van der Waals surface area contributed by atoms with Gasteiger partial charge in [-0.05, 0) is 17.4 Å². The van der Waals surface area contributed by atoms with Gasteiger partial charge in [0.2, 0.25) is 0 Å². The molecule has 0 aliphatic carbocycles. The maximum absolute atomic E-state index is 11.5. The summed E-state index contributed by atoms with van der Waals surface area (Å²) >= 11 is 1.40. The molecule has 2 atom stereocenters. The molecule has 84 valence electrons. The summed E-state index contributed by atoms with van der Waals surface area (Å²) in [7, 11) is 0. The smallest absolute Gasteiger partial charge is 0.261 e. The van der Waals surface area contributed by atoms with Crippen LogP contribution in [0.15, 0.2) is 17.5 Å². The van der Waals surface area contributed by atoms with Crippen LogP contribution in [0.5, 0.6) is 0 Å². The van der Waals surface area contributed by atoms with E-state index in [0.29, 0.717) is 11.4 Å². The lowest BCUT2D eigenvalue weighted by atomic mass is 10.0. The van der Waals surface area contributed by atoms with Crippen molar-refractivity contribution >= 4 is 17.2 Å². The number of carbonyl (C=O) groups excluding carboxylic acids is 1. The SMILES string of the molecule is CCC(C)C(O)CNC(=O)c1cccs1. The van der Waals surface area contributed by atoms with Gasteiger partial charge in [-0.3, -0.25) is 4.79 Å². The first-order valence-corrected chi connectivity index (χ1v) is 6.02. The average Bonchev–Trinajstić information content (AvgIpc) is 2.77. The molecule has 15 heavy (non-hydrogen) atoms. The Morgan fingerprint density at radius 1 is 1.67 bits per heavy atom. The maximum Gasteiger partial charge on any atom is 0.261 e. The molecule has 0 spiro atoms. The predicted octanol–water partition coefficient (Wildman–Crippen LogP) is 1.88. The zero-order chi connectivity index (χ0) is 11.3. The van der Waals surface area contributed by atoms with Gasteiger partial charge in [0.05, 0.1) is 11.0 Å². The number of aliphatic hydroxyl groups is 1. The van der Waals surface area contributed by atoms with Crippen LogP contribution < -0.4 is 5.32 Å². The number of hydrogen-bond acceptors (Lipinski definition) is 3. The van der Waals surface area contributed by atoms with Crippen LogP contribution in [0.25, 0.3) is 0 Å². The number of thiophene rings is 1. The molecule has 0 radical (unpaired) electrons. The largest absolute Gasteiger partial charge is 0.391 e. The van der Waals surface area contributed by atoms with E-state index in [2.05, 4.69) is 5.32 Å². The second-order valence-electron chi connectivity index (χ2n) is 3.64. The first kappa shape index (κ1) is 12.2. The van der Waals surface area contributed by atoms with Gasteiger partial charge >= 0.3 is 0 Å². The Labute approximate surface area is 94.1 Å². The quantitative estimate of drug-likeness (QED) is 0.807. The lowest BCUT2D eigenvalue weighted by Crippen LogP contribution is -2.35. The van der Waals surface area contributed by atoms with E-state index in [9.17, 15) is 9.90 Å². The van der Waals surface area contributed by atoms with Crippen LogP contribution in [0.3, 0.4) is 0 Å². The van der Waals surface area contributed by atoms with Crippen molar-refractivity contribution in [2.24, 2.45) is 5.92 Å². The molecular formula is C11H17NO2S. The first-order valence-electron chi connectivity index (χ1n) is 5.15. The van der Waals surface area contributed by atoms with Gasteiger partial charge in [-0.2, -0.15) is 0 Å². The average molecular weight is 227 g/mol. The van der Waals surface area contributed by atoms with Crippen LogP contribution in [-0.2, 0) is 0 Å². The molecule has 0 fully saturated rings. The molecule has 0 saturated carbocycles. The van der Waals surface area contributed by atoms with Crippen molar-refractivity contribution in [2.75, 3.05) is 6.54 Å². The molecule has 0 aliphatic rings. The summed E-state index contributed by atoms with van der Waals surface area (Å²) in [6, 6.07) is 3.61. The van der Waals surface area contributed by atoms with Gasteiger partial charge in [0.25, 0.3) is 5.91 Å². The summed E-state index contributed by atoms with van der Waals surface area (Å²) in [5, 5.41) is 14.2. The first-order chi connectivity index (χ1) is 7.15. The van der Waals surface area contributed by atoms with Crippen LogP contribution in [-0.4, -0.2) is 23.7 Å². The molecule has 2 unspecified atom stereocenters. The Morgan fingerprint density at radius 3 is 2.93 bits per heavy atom. The summed E-state index contributed by atoms with van der Waals surface area (Å²) in [6.07, 6.45) is 0.453. The second-order valence-corrected chi connectivity index (χ2v) is 4.59. The third kappa shape index (κ3) is 3.64. The highest BCUT2D eigenvalue weighted by atomic mass is 32.1. The molecule has 0 aromatic carbocycles. The van der Waals surface area contributed by atoms with E-state index in [1.54, 1.807) is 6.07 Å². The summed E-state index contributed by atoms with van der Waals surface area (Å²) in [6.45, 7) is 4.32. The summed E-state index contributed by atoms with van der Waals surface area (Å²) in [4.78, 5) is 12.2. The summed E-state index contributed by atoms with van der Waals surface area (Å²) < 4.78 is 0. The van der Waals surface area contributed by atoms with Gasteiger partial charge in [0, 0.05) is 6.54 Å². The molecular weight excluding hydrogens is 210 g/mol. The van der Waals surface area contributed by atoms with Gasteiger partial charge < -0.3 is 10.4 Å². The molecule has 4 heteroatoms. The molecule has 0 bridgehead atoms. The minimum Gasteiger partial charge on any atom is -0.391 e. The van der Waals surface area contributed by atoms with Crippen LogP contribution in [0.1, 0.15) is 29.9 Å². The van der Waals surface area contributed by atoms with E-state index in [1.165, 1.54) is 11.3 Å². The number of rotatable bonds is 5. The zero-order valence-electron chi connectivity index (χ0n) is 9.06. The lowest BCUT2D eigenvalue weighted by molar-refractivity contribution is 0.0853. The van der Waals surface area contributed by atoms with E-state index in [0.717, 1.165) is 6.42 Å². The van der Waals surface area contributed by atoms with Crippen molar-refractivity contribution < 1.29 is 9.90 Å². The molecule has 1 aromatic heterocycles. The Kier molecular flexibility index (Phi) is 4.78. The van der Waals surface area contributed by atoms with Crippen molar-refractivity contribution in [3.8, 4) is 0 Å². The highest BCUT2D eigenvalue weighted by molar-refractivity contribution is 7.12. The van der Waals surface area contributed by atoms with E-state index < -0.39 is 6.10 Å². The number of carbonyl (C=O) groups is 1. The van der Waals surface area contributed by atoms with Gasteiger partial charge in [-0.15, -0.1) is 11.3 Å². The number of aliphatic hydroxyl groups excluding tert-OH is 1. The van der Waals surface area contributed by atoms with Crippen LogP contribution >= 0.6 is 11.3 Å². The van der Waals surface area contributed by atoms with E-state index >= 15 is 0 Å². The standard InChI is InChI=1S/C11H17NO2S/c1-3-8(2)9(13)7-12-11(14)10-5-4-6-15-10/h4-6,8-9,13H,3,7H2,1-2H3,(H,12,14). The lowest BCUT2D eigenvalue weighted by Gasteiger charge is -2.17. The fourth-order valence-electron chi connectivity index (χ4n) is 1.17. The third-order valence-electron chi connectivity index (χ3n) is 2.52. The highest BCUT2D eigenvalue weighted by Crippen LogP contribution is 2.09. The van der Waals surface area contributed by atoms with E-state index in [-0.39, 0.29) is 11.8 Å². The molecule has 0 saturated heterocycles. The van der Waals surface area contributed by atoms with Crippen LogP contribution in [0.4, 0.5) is 0 Å². The zero-order valence-corrected chi connectivity index (χ0v) is 9.88. The minimum atomic E-state index is -0.459. The van der Waals surface area contributed by atoms with Crippen molar-refractivity contribution in [3.63, 3.8) is 0 Å². The van der Waals surface area contributed by atoms with Gasteiger partial charge in [0.15, 0.2) is 0 Å². The van der Waals surface area contributed by atoms with E-state index in [1.807, 2.05) is 25.3 Å². The van der Waals surface area contributed by atoms with Crippen LogP contribution in [0, 0.1) is 5.92 Å². The fourth-order valence-corrected chi connectivity index (χ4v) is 1.81.